The SMILES string of the molecule is CC(C)(C)Cc1nccc[n+]1-[n+]1c(CC(C)(C)C)oc2ccccc21. The van der Waals surface area contributed by atoms with Crippen molar-refractivity contribution in [1.29, 1.82) is 0 Å². The number of fused-ring (bicyclic) bond motifs is 1. The zero-order valence-electron chi connectivity index (χ0n) is 16.2. The predicted molar refractivity (Wildman–Crippen MR) is 98.0 cm³/mol. The molecule has 0 aliphatic rings. The lowest BCUT2D eigenvalue weighted by molar-refractivity contribution is -1.29. The number of hydrogen-bond acceptors (Lipinski definition) is 2. The van der Waals surface area contributed by atoms with Gasteiger partial charge in [0, 0.05) is 21.5 Å². The van der Waals surface area contributed by atoms with Gasteiger partial charge in [0.25, 0.3) is 0 Å². The summed E-state index contributed by atoms with van der Waals surface area (Å²) >= 11 is 0. The number of hydrogen-bond donors (Lipinski definition) is 0. The van der Waals surface area contributed by atoms with Crippen LogP contribution < -0.4 is 9.35 Å². The maximum Gasteiger partial charge on any atom is 0.396 e. The van der Waals surface area contributed by atoms with Crippen molar-refractivity contribution in [1.82, 2.24) is 4.98 Å². The van der Waals surface area contributed by atoms with Crippen LogP contribution in [0.4, 0.5) is 0 Å². The van der Waals surface area contributed by atoms with E-state index in [-0.39, 0.29) is 10.8 Å². The summed E-state index contributed by atoms with van der Waals surface area (Å²) in [7, 11) is 0. The maximum absolute atomic E-state index is 6.23. The molecule has 0 saturated heterocycles. The number of para-hydroxylation sites is 2. The zero-order valence-corrected chi connectivity index (χ0v) is 16.2. The van der Waals surface area contributed by atoms with E-state index in [9.17, 15) is 0 Å². The molecule has 0 atom stereocenters. The first-order chi connectivity index (χ1) is 11.6. The number of benzene rings is 1. The van der Waals surface area contributed by atoms with E-state index in [1.807, 2.05) is 24.4 Å². The molecule has 25 heavy (non-hydrogen) atoms. The van der Waals surface area contributed by atoms with E-state index in [1.54, 1.807) is 0 Å². The molecule has 0 fully saturated rings. The van der Waals surface area contributed by atoms with Gasteiger partial charge in [0.15, 0.2) is 6.20 Å². The molecule has 0 aliphatic carbocycles. The van der Waals surface area contributed by atoms with Gasteiger partial charge < -0.3 is 4.42 Å². The predicted octanol–water partition coefficient (Wildman–Crippen LogP) is 3.89. The van der Waals surface area contributed by atoms with Crippen LogP contribution >= 0.6 is 0 Å². The monoisotopic (exact) mass is 339 g/mol. The minimum Gasteiger partial charge on any atom is -0.398 e. The van der Waals surface area contributed by atoms with E-state index in [4.69, 9.17) is 4.42 Å². The van der Waals surface area contributed by atoms with E-state index in [2.05, 4.69) is 74.2 Å². The summed E-state index contributed by atoms with van der Waals surface area (Å²) < 4.78 is 10.5. The molecular weight excluding hydrogens is 310 g/mol. The van der Waals surface area contributed by atoms with Crippen LogP contribution in [-0.2, 0) is 12.8 Å². The average Bonchev–Trinajstić information content (AvgIpc) is 2.82. The van der Waals surface area contributed by atoms with E-state index >= 15 is 0 Å². The summed E-state index contributed by atoms with van der Waals surface area (Å²) in [5, 5.41) is 0. The number of rotatable bonds is 3. The van der Waals surface area contributed by atoms with Crippen molar-refractivity contribution < 1.29 is 13.8 Å². The molecule has 3 rings (SSSR count). The fourth-order valence-corrected chi connectivity index (χ4v) is 3.00. The van der Waals surface area contributed by atoms with Crippen molar-refractivity contribution in [3.63, 3.8) is 0 Å². The molecule has 1 aromatic carbocycles. The third-order valence-corrected chi connectivity index (χ3v) is 3.94. The molecule has 0 N–H and O–H groups in total. The molecule has 4 heteroatoms. The topological polar surface area (TPSA) is 33.8 Å². The Morgan fingerprint density at radius 2 is 1.60 bits per heavy atom. The second-order valence-electron chi connectivity index (χ2n) is 9.13. The van der Waals surface area contributed by atoms with Gasteiger partial charge in [0.1, 0.15) is 6.20 Å². The van der Waals surface area contributed by atoms with Crippen LogP contribution in [-0.4, -0.2) is 4.98 Å². The summed E-state index contributed by atoms with van der Waals surface area (Å²) in [5.74, 6) is 1.98. The van der Waals surface area contributed by atoms with Gasteiger partial charge in [0.2, 0.25) is 5.58 Å². The lowest BCUT2D eigenvalue weighted by Gasteiger charge is -2.15. The first-order valence-electron chi connectivity index (χ1n) is 8.93. The van der Waals surface area contributed by atoms with E-state index in [1.165, 1.54) is 0 Å². The van der Waals surface area contributed by atoms with Crippen molar-refractivity contribution in [2.75, 3.05) is 0 Å². The summed E-state index contributed by atoms with van der Waals surface area (Å²) in [6.07, 6.45) is 5.67. The Morgan fingerprint density at radius 3 is 2.28 bits per heavy atom. The van der Waals surface area contributed by atoms with Gasteiger partial charge in [-0.15, -0.1) is 0 Å². The molecule has 0 saturated carbocycles. The van der Waals surface area contributed by atoms with E-state index < -0.39 is 0 Å². The van der Waals surface area contributed by atoms with Crippen LogP contribution in [0.5, 0.6) is 0 Å². The molecule has 3 aromatic rings. The molecule has 2 heterocycles. The van der Waals surface area contributed by atoms with E-state index in [0.717, 1.165) is 35.7 Å². The van der Waals surface area contributed by atoms with Crippen molar-refractivity contribution in [3.05, 3.63) is 54.4 Å². The quantitative estimate of drug-likeness (QED) is 0.678. The average molecular weight is 339 g/mol. The molecule has 2 aromatic heterocycles. The highest BCUT2D eigenvalue weighted by atomic mass is 16.4. The zero-order chi connectivity index (χ0) is 18.2. The van der Waals surface area contributed by atoms with Crippen LogP contribution in [0.15, 0.2) is 47.1 Å². The first-order valence-corrected chi connectivity index (χ1v) is 8.93. The molecule has 0 radical (unpaired) electrons. The maximum atomic E-state index is 6.23. The van der Waals surface area contributed by atoms with E-state index in [0.29, 0.717) is 0 Å². The minimum absolute atomic E-state index is 0.128. The Kier molecular flexibility index (Phi) is 4.40. The third-order valence-electron chi connectivity index (χ3n) is 3.94. The van der Waals surface area contributed by atoms with Crippen LogP contribution in [0.3, 0.4) is 0 Å². The number of oxazole rings is 1. The third kappa shape index (κ3) is 4.06. The summed E-state index contributed by atoms with van der Waals surface area (Å²) in [5.41, 5.74) is 2.25. The smallest absolute Gasteiger partial charge is 0.396 e. The molecule has 0 spiro atoms. The minimum atomic E-state index is 0.128. The Labute approximate surface area is 150 Å². The number of nitrogens with zero attached hydrogens (tertiary/aromatic N) is 3. The van der Waals surface area contributed by atoms with Crippen LogP contribution in [0, 0.1) is 10.8 Å². The van der Waals surface area contributed by atoms with Gasteiger partial charge in [-0.3, -0.25) is 0 Å². The van der Waals surface area contributed by atoms with Gasteiger partial charge in [-0.05, 0) is 21.9 Å². The first kappa shape index (κ1) is 17.6. The Bertz CT molecular complexity index is 882. The fourth-order valence-electron chi connectivity index (χ4n) is 3.00. The highest BCUT2D eigenvalue weighted by molar-refractivity contribution is 5.68. The second kappa shape index (κ2) is 6.25. The Morgan fingerprint density at radius 1 is 0.920 bits per heavy atom. The summed E-state index contributed by atoms with van der Waals surface area (Å²) in [4.78, 5) is 4.66. The normalized spacial score (nSPS) is 12.7. The molecule has 0 aliphatic heterocycles. The molecular formula is C21H29N3O+2. The second-order valence-corrected chi connectivity index (χ2v) is 9.13. The van der Waals surface area contributed by atoms with Gasteiger partial charge in [0.05, 0.1) is 12.8 Å². The van der Waals surface area contributed by atoms with Gasteiger partial charge in [-0.1, -0.05) is 53.7 Å². The highest BCUT2D eigenvalue weighted by Gasteiger charge is 2.35. The molecule has 0 bridgehead atoms. The molecule has 0 amide bonds. The Hall–Kier alpha value is -2.23. The van der Waals surface area contributed by atoms with Gasteiger partial charge in [-0.25, -0.2) is 0 Å². The van der Waals surface area contributed by atoms with Crippen molar-refractivity contribution in [3.8, 4) is 0 Å². The lowest BCUT2D eigenvalue weighted by atomic mass is 9.92. The standard InChI is InChI=1S/C21H29N3O/c1-20(2,3)14-18-22-12-9-13-23(18)24-16-10-7-8-11-17(16)25-19(24)15-21(4,5)6/h7-13H,14-15H2,1-6H3/q+2. The van der Waals surface area contributed by atoms with Crippen LogP contribution in [0.25, 0.3) is 11.1 Å². The lowest BCUT2D eigenvalue weighted by Crippen LogP contribution is -2.70. The largest absolute Gasteiger partial charge is 0.398 e. The van der Waals surface area contributed by atoms with Crippen LogP contribution in [0.1, 0.15) is 53.3 Å². The summed E-state index contributed by atoms with van der Waals surface area (Å²) in [6.45, 7) is 13.4. The Balaban J connectivity index is 2.23. The summed E-state index contributed by atoms with van der Waals surface area (Å²) in [6, 6.07) is 10.2. The molecule has 4 nitrogen and oxygen atoms in total. The number of aromatic nitrogens is 3. The fraction of sp³-hybridized carbons (Fsp3) is 0.476. The highest BCUT2D eigenvalue weighted by Crippen LogP contribution is 2.22. The van der Waals surface area contributed by atoms with Crippen molar-refractivity contribution in [2.45, 2.75) is 54.4 Å². The van der Waals surface area contributed by atoms with Gasteiger partial charge in [-0.2, -0.15) is 0 Å². The van der Waals surface area contributed by atoms with Gasteiger partial charge >= 0.3 is 17.2 Å². The molecule has 132 valence electrons. The molecule has 0 unspecified atom stereocenters. The van der Waals surface area contributed by atoms with Crippen molar-refractivity contribution in [2.24, 2.45) is 10.8 Å². The van der Waals surface area contributed by atoms with Crippen molar-refractivity contribution >= 4 is 11.1 Å². The van der Waals surface area contributed by atoms with Crippen LogP contribution in [0.2, 0.25) is 0 Å².